The van der Waals surface area contributed by atoms with Crippen LogP contribution in [0.15, 0.2) is 48.5 Å². The Labute approximate surface area is 125 Å². The van der Waals surface area contributed by atoms with Gasteiger partial charge in [-0.05, 0) is 47.9 Å². The molecule has 2 aromatic carbocycles. The van der Waals surface area contributed by atoms with Crippen LogP contribution in [0, 0.1) is 0 Å². The van der Waals surface area contributed by atoms with Gasteiger partial charge in [0.25, 0.3) is 0 Å². The highest BCUT2D eigenvalue weighted by molar-refractivity contribution is 6.30. The van der Waals surface area contributed by atoms with Gasteiger partial charge in [-0.1, -0.05) is 37.6 Å². The van der Waals surface area contributed by atoms with Crippen LogP contribution in [-0.4, -0.2) is 13.2 Å². The van der Waals surface area contributed by atoms with E-state index in [1.165, 1.54) is 5.56 Å². The molecule has 3 heteroatoms. The van der Waals surface area contributed by atoms with Gasteiger partial charge in [0.05, 0.1) is 0 Å². The summed E-state index contributed by atoms with van der Waals surface area (Å²) < 4.78 is 5.75. The first-order chi connectivity index (χ1) is 9.65. The number of nitrogens with one attached hydrogen (secondary N) is 1. The lowest BCUT2D eigenvalue weighted by Crippen LogP contribution is -2.11. The van der Waals surface area contributed by atoms with E-state index in [0.29, 0.717) is 12.5 Å². The quantitative estimate of drug-likeness (QED) is 0.759. The minimum absolute atomic E-state index is 0.519. The van der Waals surface area contributed by atoms with E-state index >= 15 is 0 Å². The fraction of sp³-hybridized carbons (Fsp3) is 0.294. The van der Waals surface area contributed by atoms with Crippen molar-refractivity contribution >= 4 is 17.3 Å². The van der Waals surface area contributed by atoms with E-state index in [0.717, 1.165) is 23.0 Å². The second-order valence-electron chi connectivity index (χ2n) is 5.01. The van der Waals surface area contributed by atoms with Crippen LogP contribution >= 0.6 is 11.6 Å². The van der Waals surface area contributed by atoms with Crippen molar-refractivity contribution in [1.29, 1.82) is 0 Å². The topological polar surface area (TPSA) is 21.3 Å². The summed E-state index contributed by atoms with van der Waals surface area (Å²) in [4.78, 5) is 0. The van der Waals surface area contributed by atoms with Gasteiger partial charge in [0, 0.05) is 17.3 Å². The highest BCUT2D eigenvalue weighted by atomic mass is 35.5. The minimum atomic E-state index is 0.519. The highest BCUT2D eigenvalue weighted by Crippen LogP contribution is 2.20. The first-order valence-electron chi connectivity index (χ1n) is 6.87. The summed E-state index contributed by atoms with van der Waals surface area (Å²) >= 11 is 5.84. The van der Waals surface area contributed by atoms with Crippen LogP contribution in [0.1, 0.15) is 25.3 Å². The molecule has 2 rings (SSSR count). The number of benzene rings is 2. The lowest BCUT2D eigenvalue weighted by Gasteiger charge is -2.11. The molecule has 0 atom stereocenters. The fourth-order valence-corrected chi connectivity index (χ4v) is 2.02. The van der Waals surface area contributed by atoms with Gasteiger partial charge in [-0.25, -0.2) is 0 Å². The second kappa shape index (κ2) is 7.20. The average molecular weight is 290 g/mol. The molecule has 106 valence electrons. The van der Waals surface area contributed by atoms with E-state index in [4.69, 9.17) is 16.3 Å². The van der Waals surface area contributed by atoms with Gasteiger partial charge in [-0.3, -0.25) is 0 Å². The summed E-state index contributed by atoms with van der Waals surface area (Å²) in [6, 6.07) is 15.9. The smallest absolute Gasteiger partial charge is 0.119 e. The molecular weight excluding hydrogens is 270 g/mol. The van der Waals surface area contributed by atoms with Gasteiger partial charge < -0.3 is 10.1 Å². The zero-order valence-corrected chi connectivity index (χ0v) is 12.7. The first kappa shape index (κ1) is 14.7. The number of anilines is 1. The van der Waals surface area contributed by atoms with Crippen LogP contribution in [-0.2, 0) is 0 Å². The molecule has 2 nitrogen and oxygen atoms in total. The van der Waals surface area contributed by atoms with Crippen molar-refractivity contribution in [2.45, 2.75) is 19.8 Å². The summed E-state index contributed by atoms with van der Waals surface area (Å²) in [5.41, 5.74) is 2.35. The van der Waals surface area contributed by atoms with Crippen molar-refractivity contribution in [3.05, 3.63) is 59.1 Å². The molecule has 0 aliphatic carbocycles. The third-order valence-corrected chi connectivity index (χ3v) is 3.32. The molecule has 1 N–H and O–H groups in total. The predicted octanol–water partition coefficient (Wildman–Crippen LogP) is 4.95. The van der Waals surface area contributed by atoms with Gasteiger partial charge in [0.15, 0.2) is 0 Å². The van der Waals surface area contributed by atoms with Crippen molar-refractivity contribution in [3.63, 3.8) is 0 Å². The van der Waals surface area contributed by atoms with E-state index < -0.39 is 0 Å². The van der Waals surface area contributed by atoms with Crippen LogP contribution in [0.25, 0.3) is 0 Å². The van der Waals surface area contributed by atoms with Crippen molar-refractivity contribution in [3.8, 4) is 5.75 Å². The van der Waals surface area contributed by atoms with Crippen LogP contribution in [0.3, 0.4) is 0 Å². The number of hydrogen-bond acceptors (Lipinski definition) is 2. The zero-order chi connectivity index (χ0) is 14.4. The monoisotopic (exact) mass is 289 g/mol. The molecule has 0 amide bonds. The molecule has 20 heavy (non-hydrogen) atoms. The molecule has 0 aliphatic rings. The van der Waals surface area contributed by atoms with Crippen LogP contribution in [0.2, 0.25) is 5.02 Å². The second-order valence-corrected chi connectivity index (χ2v) is 5.45. The van der Waals surface area contributed by atoms with Crippen molar-refractivity contribution in [1.82, 2.24) is 0 Å². The normalized spacial score (nSPS) is 10.6. The highest BCUT2D eigenvalue weighted by Gasteiger charge is 2.00. The molecule has 0 aliphatic heterocycles. The molecule has 0 spiro atoms. The Morgan fingerprint density at radius 1 is 1.10 bits per heavy atom. The number of hydrogen-bond donors (Lipinski definition) is 1. The SMILES string of the molecule is CC(C)c1cccc(OCCNc2ccc(Cl)cc2)c1. The standard InChI is InChI=1S/C17H20ClNO/c1-13(2)14-4-3-5-17(12-14)20-11-10-19-16-8-6-15(18)7-9-16/h3-9,12-13,19H,10-11H2,1-2H3. The molecule has 0 saturated heterocycles. The van der Waals surface area contributed by atoms with E-state index in [2.05, 4.69) is 31.3 Å². The first-order valence-corrected chi connectivity index (χ1v) is 7.25. The van der Waals surface area contributed by atoms with Crippen molar-refractivity contribution in [2.75, 3.05) is 18.5 Å². The van der Waals surface area contributed by atoms with Crippen molar-refractivity contribution < 1.29 is 4.74 Å². The molecule has 0 heterocycles. The lowest BCUT2D eigenvalue weighted by molar-refractivity contribution is 0.332. The lowest BCUT2D eigenvalue weighted by atomic mass is 10.0. The Balaban J connectivity index is 1.78. The Morgan fingerprint density at radius 3 is 2.55 bits per heavy atom. The van der Waals surface area contributed by atoms with E-state index in [1.807, 2.05) is 36.4 Å². The summed E-state index contributed by atoms with van der Waals surface area (Å²) in [7, 11) is 0. The van der Waals surface area contributed by atoms with Gasteiger partial charge >= 0.3 is 0 Å². The van der Waals surface area contributed by atoms with Crippen LogP contribution < -0.4 is 10.1 Å². The molecule has 0 unspecified atom stereocenters. The largest absolute Gasteiger partial charge is 0.492 e. The predicted molar refractivity (Wildman–Crippen MR) is 86.0 cm³/mol. The third-order valence-electron chi connectivity index (χ3n) is 3.07. The Kier molecular flexibility index (Phi) is 5.31. The average Bonchev–Trinajstić information content (AvgIpc) is 2.46. The number of ether oxygens (including phenoxy) is 1. The third kappa shape index (κ3) is 4.46. The number of rotatable bonds is 6. The van der Waals surface area contributed by atoms with Gasteiger partial charge in [-0.2, -0.15) is 0 Å². The van der Waals surface area contributed by atoms with Crippen LogP contribution in [0.4, 0.5) is 5.69 Å². The Bertz CT molecular complexity index is 537. The zero-order valence-electron chi connectivity index (χ0n) is 11.9. The molecule has 0 bridgehead atoms. The maximum atomic E-state index is 5.84. The molecule has 2 aromatic rings. The van der Waals surface area contributed by atoms with E-state index in [9.17, 15) is 0 Å². The Hall–Kier alpha value is -1.67. The van der Waals surface area contributed by atoms with Crippen LogP contribution in [0.5, 0.6) is 5.75 Å². The number of halogens is 1. The van der Waals surface area contributed by atoms with Gasteiger partial charge in [0.2, 0.25) is 0 Å². The molecule has 0 fully saturated rings. The summed E-state index contributed by atoms with van der Waals surface area (Å²) in [6.07, 6.45) is 0. The molecule has 0 saturated carbocycles. The minimum Gasteiger partial charge on any atom is -0.492 e. The summed E-state index contributed by atoms with van der Waals surface area (Å²) in [5.74, 6) is 1.44. The van der Waals surface area contributed by atoms with Crippen molar-refractivity contribution in [2.24, 2.45) is 0 Å². The Morgan fingerprint density at radius 2 is 1.85 bits per heavy atom. The van der Waals surface area contributed by atoms with Gasteiger partial charge in [-0.15, -0.1) is 0 Å². The molecular formula is C17H20ClNO. The van der Waals surface area contributed by atoms with E-state index in [-0.39, 0.29) is 0 Å². The molecule has 0 radical (unpaired) electrons. The summed E-state index contributed by atoms with van der Waals surface area (Å²) in [5, 5.41) is 4.04. The maximum absolute atomic E-state index is 5.84. The fourth-order valence-electron chi connectivity index (χ4n) is 1.90. The summed E-state index contributed by atoms with van der Waals surface area (Å²) in [6.45, 7) is 5.75. The van der Waals surface area contributed by atoms with E-state index in [1.54, 1.807) is 0 Å². The van der Waals surface area contributed by atoms with Gasteiger partial charge in [0.1, 0.15) is 12.4 Å². The maximum Gasteiger partial charge on any atom is 0.119 e. The molecule has 0 aromatic heterocycles.